The van der Waals surface area contributed by atoms with Crippen LogP contribution in [0.3, 0.4) is 0 Å². The lowest BCUT2D eigenvalue weighted by atomic mass is 10.1. The van der Waals surface area contributed by atoms with E-state index in [1.165, 1.54) is 12.4 Å². The summed E-state index contributed by atoms with van der Waals surface area (Å²) in [4.78, 5) is 50.1. The van der Waals surface area contributed by atoms with E-state index in [2.05, 4.69) is 41.2 Å². The lowest BCUT2D eigenvalue weighted by Crippen LogP contribution is -2.41. The van der Waals surface area contributed by atoms with Crippen LogP contribution in [0, 0.1) is 0 Å². The highest BCUT2D eigenvalue weighted by atomic mass is 16.4. The maximum atomic E-state index is 12.2. The first-order valence-electron chi connectivity index (χ1n) is 9.47. The number of carboxylic acids is 2. The van der Waals surface area contributed by atoms with Crippen molar-refractivity contribution >= 4 is 47.1 Å². The molecule has 15 heteroatoms. The van der Waals surface area contributed by atoms with Crippen LogP contribution < -0.4 is 32.7 Å². The molecule has 0 radical (unpaired) electrons. The van der Waals surface area contributed by atoms with Gasteiger partial charge in [-0.25, -0.2) is 14.8 Å². The van der Waals surface area contributed by atoms with E-state index in [4.69, 9.17) is 21.7 Å². The monoisotopic (exact) mass is 446 g/mol. The molecule has 15 nitrogen and oxygen atoms in total. The van der Waals surface area contributed by atoms with Gasteiger partial charge in [0.05, 0.1) is 11.6 Å². The molecule has 2 aromatic rings. The van der Waals surface area contributed by atoms with Crippen LogP contribution >= 0.6 is 0 Å². The Labute approximate surface area is 181 Å². The minimum atomic E-state index is -1.34. The quantitative estimate of drug-likeness (QED) is 0.225. The number of amides is 1. The van der Waals surface area contributed by atoms with E-state index in [-0.39, 0.29) is 35.7 Å². The summed E-state index contributed by atoms with van der Waals surface area (Å²) in [6, 6.07) is -1.44. The van der Waals surface area contributed by atoms with Gasteiger partial charge in [-0.1, -0.05) is 0 Å². The SMILES string of the molecule is Nc1nc(N)c2c(n1)NCC(CNc1ncc(C(=O)NC(CCC(=O)O)C(=O)O)cn1)N2. The highest BCUT2D eigenvalue weighted by Gasteiger charge is 2.23. The smallest absolute Gasteiger partial charge is 0.326 e. The summed E-state index contributed by atoms with van der Waals surface area (Å²) in [7, 11) is 0. The van der Waals surface area contributed by atoms with Gasteiger partial charge < -0.3 is 42.9 Å². The maximum absolute atomic E-state index is 12.2. The molecular formula is C17H22N10O5. The summed E-state index contributed by atoms with van der Waals surface area (Å²) in [5.41, 5.74) is 12.0. The number of nitrogens with one attached hydrogen (secondary N) is 4. The Hall–Kier alpha value is -4.43. The second kappa shape index (κ2) is 9.59. The minimum absolute atomic E-state index is 0.0334. The third-order valence-electron chi connectivity index (χ3n) is 4.49. The number of carboxylic acid groups (broad SMARTS) is 2. The molecule has 170 valence electrons. The predicted molar refractivity (Wildman–Crippen MR) is 113 cm³/mol. The molecule has 0 saturated heterocycles. The van der Waals surface area contributed by atoms with Crippen molar-refractivity contribution in [3.8, 4) is 0 Å². The lowest BCUT2D eigenvalue weighted by molar-refractivity contribution is -0.140. The Morgan fingerprint density at radius 2 is 1.91 bits per heavy atom. The summed E-state index contributed by atoms with van der Waals surface area (Å²) in [5.74, 6) is -2.16. The van der Waals surface area contributed by atoms with Crippen molar-refractivity contribution in [2.75, 3.05) is 40.5 Å². The van der Waals surface area contributed by atoms with Gasteiger partial charge in [-0.05, 0) is 6.42 Å². The highest BCUT2D eigenvalue weighted by molar-refractivity contribution is 5.96. The van der Waals surface area contributed by atoms with Gasteiger partial charge in [0.25, 0.3) is 5.91 Å². The number of hydrogen-bond acceptors (Lipinski definition) is 12. The van der Waals surface area contributed by atoms with Crippen LogP contribution in [-0.2, 0) is 9.59 Å². The summed E-state index contributed by atoms with van der Waals surface area (Å²) in [6.45, 7) is 0.918. The van der Waals surface area contributed by atoms with Crippen LogP contribution in [0.15, 0.2) is 12.4 Å². The van der Waals surface area contributed by atoms with Gasteiger partial charge in [-0.15, -0.1) is 0 Å². The molecule has 2 unspecified atom stereocenters. The Kier molecular flexibility index (Phi) is 6.67. The summed E-state index contributed by atoms with van der Waals surface area (Å²) >= 11 is 0. The van der Waals surface area contributed by atoms with Gasteiger partial charge in [-0.3, -0.25) is 9.59 Å². The Morgan fingerprint density at radius 1 is 1.19 bits per heavy atom. The molecule has 3 heterocycles. The summed E-state index contributed by atoms with van der Waals surface area (Å²) in [6.07, 6.45) is 1.83. The number of aliphatic carboxylic acids is 2. The van der Waals surface area contributed by atoms with Crippen molar-refractivity contribution in [2.45, 2.75) is 24.9 Å². The zero-order valence-electron chi connectivity index (χ0n) is 16.7. The molecule has 0 saturated carbocycles. The first-order chi connectivity index (χ1) is 15.2. The van der Waals surface area contributed by atoms with Gasteiger partial charge in [0.2, 0.25) is 11.9 Å². The van der Waals surface area contributed by atoms with Crippen molar-refractivity contribution < 1.29 is 24.6 Å². The van der Waals surface area contributed by atoms with E-state index in [1.807, 2.05) is 0 Å². The first kappa shape index (κ1) is 22.3. The second-order valence-electron chi connectivity index (χ2n) is 6.89. The molecule has 1 aliphatic heterocycles. The molecule has 10 N–H and O–H groups in total. The van der Waals surface area contributed by atoms with Gasteiger partial charge in [-0.2, -0.15) is 9.97 Å². The van der Waals surface area contributed by atoms with Crippen LogP contribution in [-0.4, -0.2) is 73.2 Å². The molecule has 0 aliphatic carbocycles. The van der Waals surface area contributed by atoms with E-state index < -0.39 is 30.3 Å². The summed E-state index contributed by atoms with van der Waals surface area (Å²) < 4.78 is 0. The zero-order valence-corrected chi connectivity index (χ0v) is 16.7. The highest BCUT2D eigenvalue weighted by Crippen LogP contribution is 2.29. The number of nitrogen functional groups attached to an aromatic ring is 2. The molecule has 3 rings (SSSR count). The average molecular weight is 446 g/mol. The topological polar surface area (TPSA) is 243 Å². The first-order valence-corrected chi connectivity index (χ1v) is 9.47. The van der Waals surface area contributed by atoms with Gasteiger partial charge in [0.15, 0.2) is 11.6 Å². The molecule has 1 aliphatic rings. The number of rotatable bonds is 9. The van der Waals surface area contributed by atoms with Crippen LogP contribution in [0.2, 0.25) is 0 Å². The fourth-order valence-corrected chi connectivity index (χ4v) is 2.88. The molecule has 2 aromatic heterocycles. The Bertz CT molecular complexity index is 1020. The average Bonchev–Trinajstić information content (AvgIpc) is 2.75. The van der Waals surface area contributed by atoms with Crippen molar-refractivity contribution in [2.24, 2.45) is 0 Å². The van der Waals surface area contributed by atoms with Crippen LogP contribution in [0.25, 0.3) is 0 Å². The molecule has 1 amide bonds. The lowest BCUT2D eigenvalue weighted by Gasteiger charge is -2.28. The molecule has 0 fully saturated rings. The fraction of sp³-hybridized carbons (Fsp3) is 0.353. The fourth-order valence-electron chi connectivity index (χ4n) is 2.88. The number of nitrogens with zero attached hydrogens (tertiary/aromatic N) is 4. The molecule has 32 heavy (non-hydrogen) atoms. The number of nitrogens with two attached hydrogens (primary N) is 2. The van der Waals surface area contributed by atoms with E-state index in [0.717, 1.165) is 0 Å². The summed E-state index contributed by atoms with van der Waals surface area (Å²) in [5, 5.41) is 29.4. The molecule has 0 bridgehead atoms. The normalized spacial score (nSPS) is 15.4. The van der Waals surface area contributed by atoms with E-state index in [1.54, 1.807) is 0 Å². The predicted octanol–water partition coefficient (Wildman–Crippen LogP) is -1.20. The molecule has 2 atom stereocenters. The second-order valence-corrected chi connectivity index (χ2v) is 6.89. The molecule has 0 aromatic carbocycles. The minimum Gasteiger partial charge on any atom is -0.481 e. The zero-order chi connectivity index (χ0) is 23.3. The van der Waals surface area contributed by atoms with Crippen LogP contribution in [0.5, 0.6) is 0 Å². The third kappa shape index (κ3) is 5.59. The molecular weight excluding hydrogens is 424 g/mol. The Balaban J connectivity index is 1.54. The number of carbonyl (C=O) groups excluding carboxylic acids is 1. The standard InChI is InChI=1S/C17H22N10O5/c18-12-11-13(27-16(19)26-12)20-5-8(24-11)6-23-17-21-3-7(4-22-17)14(30)25-9(15(31)32)1-2-10(28)29/h3-4,8-9,24H,1-2,5-6H2,(H,25,30)(H,28,29)(H,31,32)(H,21,22,23)(H5,18,19,20,26,27). The van der Waals surface area contributed by atoms with Crippen molar-refractivity contribution in [1.29, 1.82) is 0 Å². The number of aromatic nitrogens is 4. The van der Waals surface area contributed by atoms with E-state index >= 15 is 0 Å². The number of fused-ring (bicyclic) bond motifs is 1. The van der Waals surface area contributed by atoms with Gasteiger partial charge in [0.1, 0.15) is 11.7 Å². The number of carbonyl (C=O) groups is 3. The maximum Gasteiger partial charge on any atom is 0.326 e. The largest absolute Gasteiger partial charge is 0.481 e. The van der Waals surface area contributed by atoms with Gasteiger partial charge >= 0.3 is 11.9 Å². The number of anilines is 5. The van der Waals surface area contributed by atoms with Crippen molar-refractivity contribution in [1.82, 2.24) is 25.3 Å². The van der Waals surface area contributed by atoms with Gasteiger partial charge in [0, 0.05) is 31.9 Å². The Morgan fingerprint density at radius 3 is 2.56 bits per heavy atom. The van der Waals surface area contributed by atoms with E-state index in [9.17, 15) is 14.4 Å². The van der Waals surface area contributed by atoms with Crippen LogP contribution in [0.1, 0.15) is 23.2 Å². The van der Waals surface area contributed by atoms with Crippen molar-refractivity contribution in [3.63, 3.8) is 0 Å². The third-order valence-corrected chi connectivity index (χ3v) is 4.49. The molecule has 0 spiro atoms. The van der Waals surface area contributed by atoms with Crippen molar-refractivity contribution in [3.05, 3.63) is 18.0 Å². The number of hydrogen-bond donors (Lipinski definition) is 8. The van der Waals surface area contributed by atoms with Crippen LogP contribution in [0.4, 0.5) is 29.2 Å². The van der Waals surface area contributed by atoms with E-state index in [0.29, 0.717) is 24.6 Å².